The Morgan fingerprint density at radius 3 is 2.09 bits per heavy atom. The van der Waals surface area contributed by atoms with E-state index in [2.05, 4.69) is 0 Å². The smallest absolute Gasteiger partial charge is 0.231 e. The summed E-state index contributed by atoms with van der Waals surface area (Å²) in [4.78, 5) is 14.3. The number of carbonyl (C=O) groups is 1. The maximum Gasteiger partial charge on any atom is 0.231 e. The van der Waals surface area contributed by atoms with Crippen LogP contribution in [0.5, 0.6) is 5.75 Å². The van der Waals surface area contributed by atoms with E-state index < -0.39 is 6.10 Å². The van der Waals surface area contributed by atoms with Crippen molar-refractivity contribution in [3.63, 3.8) is 0 Å². The van der Waals surface area contributed by atoms with Crippen molar-refractivity contribution in [2.75, 3.05) is 7.11 Å². The molecule has 1 aromatic rings. The lowest BCUT2D eigenvalue weighted by atomic mass is 9.75. The monoisotopic (exact) mass is 307 g/mol. The number of methoxy groups -OCH3 is 1. The van der Waals surface area contributed by atoms with E-state index in [0.29, 0.717) is 0 Å². The summed E-state index contributed by atoms with van der Waals surface area (Å²) in [5.41, 5.74) is 1.05. The van der Waals surface area contributed by atoms with Gasteiger partial charge in [-0.3, -0.25) is 4.79 Å². The van der Waals surface area contributed by atoms with E-state index in [1.54, 1.807) is 7.11 Å². The summed E-state index contributed by atoms with van der Waals surface area (Å²) in [7, 11) is 1.63. The Labute approximate surface area is 134 Å². The number of benzene rings is 1. The quantitative estimate of drug-likeness (QED) is 0.850. The summed E-state index contributed by atoms with van der Waals surface area (Å²) >= 11 is 0. The van der Waals surface area contributed by atoms with Gasteiger partial charge in [0.1, 0.15) is 5.75 Å². The molecule has 1 amide bonds. The molecule has 4 nitrogen and oxygen atoms in total. The minimum absolute atomic E-state index is 0. The second-order valence-corrected chi connectivity index (χ2v) is 6.32. The van der Waals surface area contributed by atoms with Gasteiger partial charge in [0.15, 0.2) is 0 Å². The standard InChI is InChI=1S/C17H25NO3.CH4/c1-10(2)16(19)14-15(18(11(3)4)17(14)20)12-6-8-13(21-5)9-7-12;/h6-11,14-16,19H,1-5H3;1H4/t14-,15-,16+;/m0./s1. The van der Waals surface area contributed by atoms with Gasteiger partial charge in [-0.1, -0.05) is 33.4 Å². The molecule has 3 atom stereocenters. The molecular formula is C18H29NO3. The normalized spacial score (nSPS) is 22.4. The van der Waals surface area contributed by atoms with Crippen LogP contribution in [0.3, 0.4) is 0 Å². The van der Waals surface area contributed by atoms with E-state index in [9.17, 15) is 9.90 Å². The maximum absolute atomic E-state index is 12.4. The molecule has 0 bridgehead atoms. The molecule has 2 rings (SSSR count). The van der Waals surface area contributed by atoms with Crippen molar-refractivity contribution in [1.82, 2.24) is 4.90 Å². The van der Waals surface area contributed by atoms with Crippen LogP contribution < -0.4 is 4.74 Å². The topological polar surface area (TPSA) is 49.8 Å². The zero-order valence-corrected chi connectivity index (χ0v) is 13.4. The Balaban J connectivity index is 0.00000242. The number of β-lactam (4-membered cyclic amide) rings is 1. The minimum Gasteiger partial charge on any atom is -0.497 e. The summed E-state index contributed by atoms with van der Waals surface area (Å²) in [6, 6.07) is 7.82. The van der Waals surface area contributed by atoms with Gasteiger partial charge in [-0.2, -0.15) is 0 Å². The Kier molecular flexibility index (Phi) is 6.00. The molecule has 1 N–H and O–H groups in total. The molecule has 1 fully saturated rings. The highest BCUT2D eigenvalue weighted by molar-refractivity contribution is 5.87. The lowest BCUT2D eigenvalue weighted by Gasteiger charge is -2.52. The van der Waals surface area contributed by atoms with Crippen LogP contribution >= 0.6 is 0 Å². The lowest BCUT2D eigenvalue weighted by molar-refractivity contribution is -0.172. The van der Waals surface area contributed by atoms with Gasteiger partial charge in [0.25, 0.3) is 0 Å². The molecule has 1 heterocycles. The predicted octanol–water partition coefficient (Wildman–Crippen LogP) is 3.26. The van der Waals surface area contributed by atoms with Crippen molar-refractivity contribution >= 4 is 5.91 Å². The van der Waals surface area contributed by atoms with E-state index >= 15 is 0 Å². The molecule has 0 saturated carbocycles. The summed E-state index contributed by atoms with van der Waals surface area (Å²) in [6.45, 7) is 7.90. The Morgan fingerprint density at radius 2 is 1.68 bits per heavy atom. The fourth-order valence-electron chi connectivity index (χ4n) is 3.03. The van der Waals surface area contributed by atoms with Crippen LogP contribution in [0.25, 0.3) is 0 Å². The number of carbonyl (C=O) groups excluding carboxylic acids is 1. The second-order valence-electron chi connectivity index (χ2n) is 6.32. The average molecular weight is 307 g/mol. The highest BCUT2D eigenvalue weighted by Crippen LogP contribution is 2.45. The number of rotatable bonds is 5. The third kappa shape index (κ3) is 3.12. The number of likely N-dealkylation sites (tertiary alicyclic amines) is 1. The first-order chi connectivity index (χ1) is 9.88. The minimum atomic E-state index is -0.611. The predicted molar refractivity (Wildman–Crippen MR) is 88.8 cm³/mol. The molecule has 1 aliphatic rings. The number of aliphatic hydroxyl groups excluding tert-OH is 1. The van der Waals surface area contributed by atoms with Crippen molar-refractivity contribution in [3.8, 4) is 5.75 Å². The Morgan fingerprint density at radius 1 is 1.14 bits per heavy atom. The molecule has 1 saturated heterocycles. The molecule has 22 heavy (non-hydrogen) atoms. The van der Waals surface area contributed by atoms with Gasteiger partial charge in [-0.15, -0.1) is 0 Å². The molecule has 0 unspecified atom stereocenters. The van der Waals surface area contributed by atoms with Gasteiger partial charge in [0, 0.05) is 6.04 Å². The van der Waals surface area contributed by atoms with E-state index in [4.69, 9.17) is 4.74 Å². The number of aliphatic hydroxyl groups is 1. The highest BCUT2D eigenvalue weighted by atomic mass is 16.5. The van der Waals surface area contributed by atoms with Crippen LogP contribution in [0.2, 0.25) is 0 Å². The van der Waals surface area contributed by atoms with Gasteiger partial charge in [0.05, 0.1) is 25.2 Å². The molecular weight excluding hydrogens is 278 g/mol. The molecule has 0 aromatic heterocycles. The van der Waals surface area contributed by atoms with E-state index in [1.165, 1.54) is 0 Å². The largest absolute Gasteiger partial charge is 0.497 e. The van der Waals surface area contributed by atoms with Crippen molar-refractivity contribution < 1.29 is 14.6 Å². The molecule has 0 aliphatic carbocycles. The fraction of sp³-hybridized carbons (Fsp3) is 0.611. The van der Waals surface area contributed by atoms with E-state index in [-0.39, 0.29) is 37.3 Å². The summed E-state index contributed by atoms with van der Waals surface area (Å²) in [5.74, 6) is 0.559. The van der Waals surface area contributed by atoms with Gasteiger partial charge >= 0.3 is 0 Å². The Hall–Kier alpha value is -1.55. The van der Waals surface area contributed by atoms with Crippen molar-refractivity contribution in [2.24, 2.45) is 11.8 Å². The van der Waals surface area contributed by atoms with E-state index in [0.717, 1.165) is 11.3 Å². The summed E-state index contributed by atoms with van der Waals surface area (Å²) in [6.07, 6.45) is -0.611. The van der Waals surface area contributed by atoms with Gasteiger partial charge < -0.3 is 14.7 Å². The van der Waals surface area contributed by atoms with Crippen LogP contribution in [0.1, 0.15) is 46.7 Å². The Bertz CT molecular complexity index is 496. The summed E-state index contributed by atoms with van der Waals surface area (Å²) in [5, 5.41) is 10.4. The van der Waals surface area contributed by atoms with Crippen LogP contribution in [0, 0.1) is 11.8 Å². The second kappa shape index (κ2) is 7.14. The number of nitrogens with zero attached hydrogens (tertiary/aromatic N) is 1. The number of amides is 1. The molecule has 1 aliphatic heterocycles. The maximum atomic E-state index is 12.4. The first-order valence-electron chi connectivity index (χ1n) is 7.52. The van der Waals surface area contributed by atoms with Crippen LogP contribution in [-0.4, -0.2) is 35.2 Å². The van der Waals surface area contributed by atoms with E-state index in [1.807, 2.05) is 56.9 Å². The zero-order chi connectivity index (χ0) is 15.7. The summed E-state index contributed by atoms with van der Waals surface area (Å²) < 4.78 is 5.18. The molecule has 0 spiro atoms. The van der Waals surface area contributed by atoms with Gasteiger partial charge in [-0.05, 0) is 37.5 Å². The molecule has 4 heteroatoms. The van der Waals surface area contributed by atoms with Gasteiger partial charge in [-0.25, -0.2) is 0 Å². The number of hydrogen-bond acceptors (Lipinski definition) is 3. The van der Waals surface area contributed by atoms with Crippen molar-refractivity contribution in [3.05, 3.63) is 29.8 Å². The SMILES string of the molecule is C.COc1ccc([C@H]2[C@@H]([C@H](O)C(C)C)C(=O)N2C(C)C)cc1. The highest BCUT2D eigenvalue weighted by Gasteiger charge is 2.52. The molecule has 1 aromatic carbocycles. The number of hydrogen-bond donors (Lipinski definition) is 1. The number of ether oxygens (including phenoxy) is 1. The van der Waals surface area contributed by atoms with Crippen LogP contribution in [0.4, 0.5) is 0 Å². The molecule has 0 radical (unpaired) electrons. The van der Waals surface area contributed by atoms with Gasteiger partial charge in [0.2, 0.25) is 5.91 Å². The first kappa shape index (κ1) is 18.5. The lowest BCUT2D eigenvalue weighted by Crippen LogP contribution is -2.62. The van der Waals surface area contributed by atoms with Crippen LogP contribution in [0.15, 0.2) is 24.3 Å². The van der Waals surface area contributed by atoms with Crippen molar-refractivity contribution in [1.29, 1.82) is 0 Å². The molecule has 124 valence electrons. The first-order valence-corrected chi connectivity index (χ1v) is 7.52. The average Bonchev–Trinajstić information content (AvgIpc) is 2.44. The zero-order valence-electron chi connectivity index (χ0n) is 13.4. The van der Waals surface area contributed by atoms with Crippen LogP contribution in [-0.2, 0) is 4.79 Å². The third-order valence-corrected chi connectivity index (χ3v) is 4.24. The third-order valence-electron chi connectivity index (χ3n) is 4.24. The fourth-order valence-corrected chi connectivity index (χ4v) is 3.03. The van der Waals surface area contributed by atoms with Crippen molar-refractivity contribution in [2.45, 2.75) is 53.3 Å².